The van der Waals surface area contributed by atoms with Gasteiger partial charge in [0.2, 0.25) is 17.6 Å². The predicted molar refractivity (Wildman–Crippen MR) is 160 cm³/mol. The van der Waals surface area contributed by atoms with E-state index in [0.717, 1.165) is 25.9 Å². The number of anilines is 2. The van der Waals surface area contributed by atoms with Gasteiger partial charge in [-0.2, -0.15) is 0 Å². The molecule has 3 aromatic rings. The van der Waals surface area contributed by atoms with Crippen LogP contribution in [0.2, 0.25) is 5.02 Å². The molecule has 13 heteroatoms. The Kier molecular flexibility index (Phi) is 9.56. The molecule has 0 atom stereocenters. The van der Waals surface area contributed by atoms with Crippen LogP contribution < -0.4 is 10.6 Å². The number of pyridine rings is 2. The molecule has 5 rings (SSSR count). The van der Waals surface area contributed by atoms with Crippen LogP contribution in [0.1, 0.15) is 59.6 Å². The van der Waals surface area contributed by atoms with Crippen LogP contribution in [0.4, 0.5) is 11.5 Å². The maximum atomic E-state index is 13.5. The summed E-state index contributed by atoms with van der Waals surface area (Å²) in [6, 6.07) is 6.16. The van der Waals surface area contributed by atoms with E-state index in [9.17, 15) is 19.2 Å². The highest BCUT2D eigenvalue weighted by Crippen LogP contribution is 2.35. The van der Waals surface area contributed by atoms with E-state index in [-0.39, 0.29) is 63.6 Å². The van der Waals surface area contributed by atoms with Gasteiger partial charge in [0.1, 0.15) is 22.7 Å². The Labute approximate surface area is 254 Å². The lowest BCUT2D eigenvalue weighted by Gasteiger charge is -2.29. The maximum Gasteiger partial charge on any atom is 0.294 e. The second-order valence-electron chi connectivity index (χ2n) is 11.0. The van der Waals surface area contributed by atoms with E-state index < -0.39 is 5.91 Å². The molecule has 1 aliphatic carbocycles. The van der Waals surface area contributed by atoms with E-state index in [1.807, 2.05) is 4.90 Å². The minimum atomic E-state index is -0.659. The third kappa shape index (κ3) is 6.97. The average Bonchev–Trinajstić information content (AvgIpc) is 3.69. The number of rotatable bonds is 9. The first-order valence-corrected chi connectivity index (χ1v) is 14.8. The number of furan rings is 1. The summed E-state index contributed by atoms with van der Waals surface area (Å²) in [7, 11) is 3.18. The molecule has 0 bridgehead atoms. The molecule has 43 heavy (non-hydrogen) atoms. The average molecular weight is 611 g/mol. The normalized spacial score (nSPS) is 18.4. The quantitative estimate of drug-likeness (QED) is 0.366. The van der Waals surface area contributed by atoms with Crippen LogP contribution in [0.3, 0.4) is 0 Å². The fourth-order valence-corrected chi connectivity index (χ4v) is 5.65. The summed E-state index contributed by atoms with van der Waals surface area (Å²) in [5.74, 6) is -1.50. The number of likely N-dealkylation sites (tertiary alicyclic amines) is 1. The number of ether oxygens (including phenoxy) is 1. The van der Waals surface area contributed by atoms with Gasteiger partial charge in [-0.3, -0.25) is 19.2 Å². The number of carbonyl (C=O) groups is 4. The summed E-state index contributed by atoms with van der Waals surface area (Å²) in [6.07, 6.45) is 5.81. The van der Waals surface area contributed by atoms with Crippen molar-refractivity contribution in [3.8, 4) is 0 Å². The lowest BCUT2D eigenvalue weighted by atomic mass is 9.81. The number of halogens is 1. The first-order chi connectivity index (χ1) is 20.7. The van der Waals surface area contributed by atoms with Crippen molar-refractivity contribution in [3.63, 3.8) is 0 Å². The first kappa shape index (κ1) is 30.4. The molecule has 1 aliphatic heterocycles. The summed E-state index contributed by atoms with van der Waals surface area (Å²) in [5.41, 5.74) is 0.581. The Morgan fingerprint density at radius 3 is 2.44 bits per heavy atom. The van der Waals surface area contributed by atoms with E-state index in [4.69, 9.17) is 20.8 Å². The van der Waals surface area contributed by atoms with Crippen molar-refractivity contribution in [3.05, 3.63) is 46.9 Å². The van der Waals surface area contributed by atoms with E-state index in [0.29, 0.717) is 43.9 Å². The van der Waals surface area contributed by atoms with E-state index in [1.54, 1.807) is 26.3 Å². The van der Waals surface area contributed by atoms with Crippen molar-refractivity contribution in [1.29, 1.82) is 0 Å². The highest BCUT2D eigenvalue weighted by molar-refractivity contribution is 6.30. The third-order valence-electron chi connectivity index (χ3n) is 8.02. The maximum absolute atomic E-state index is 13.5. The summed E-state index contributed by atoms with van der Waals surface area (Å²) < 4.78 is 10.9. The summed E-state index contributed by atoms with van der Waals surface area (Å²) in [4.78, 5) is 64.8. The van der Waals surface area contributed by atoms with Gasteiger partial charge in [0, 0.05) is 51.8 Å². The van der Waals surface area contributed by atoms with Crippen molar-refractivity contribution >= 4 is 57.8 Å². The van der Waals surface area contributed by atoms with Gasteiger partial charge >= 0.3 is 0 Å². The van der Waals surface area contributed by atoms with Gasteiger partial charge in [0.15, 0.2) is 5.58 Å². The number of methoxy groups -OCH3 is 1. The Balaban J connectivity index is 1.38. The lowest BCUT2D eigenvalue weighted by molar-refractivity contribution is -0.136. The molecule has 3 aromatic heterocycles. The van der Waals surface area contributed by atoms with Crippen molar-refractivity contribution in [2.75, 3.05) is 51.0 Å². The number of nitrogens with zero attached hydrogens (tertiary/aromatic N) is 4. The zero-order valence-electron chi connectivity index (χ0n) is 24.2. The Morgan fingerprint density at radius 1 is 1.05 bits per heavy atom. The molecule has 1 saturated carbocycles. The summed E-state index contributed by atoms with van der Waals surface area (Å²) in [6.45, 7) is 2.33. The number of hydrogen-bond acceptors (Lipinski definition) is 8. The number of aromatic nitrogens is 2. The highest BCUT2D eigenvalue weighted by atomic mass is 35.5. The molecule has 0 aromatic carbocycles. The SMILES string of the molecule is COCCN(C)C(=O)c1ccc2oc(C(=O)Nc3ccc(Cl)cn3)c(NC(=O)C3CCC(C(=O)N4CCCC4)CC3)c2n1. The Hall–Kier alpha value is -4.03. The van der Waals surface area contributed by atoms with Crippen molar-refractivity contribution in [2.45, 2.75) is 38.5 Å². The molecule has 0 spiro atoms. The molecule has 4 heterocycles. The smallest absolute Gasteiger partial charge is 0.294 e. The van der Waals surface area contributed by atoms with Crippen LogP contribution in [-0.2, 0) is 14.3 Å². The molecule has 2 fully saturated rings. The van der Waals surface area contributed by atoms with Gasteiger partial charge < -0.3 is 29.6 Å². The predicted octanol–water partition coefficient (Wildman–Crippen LogP) is 4.21. The van der Waals surface area contributed by atoms with E-state index in [1.165, 1.54) is 23.2 Å². The van der Waals surface area contributed by atoms with Crippen LogP contribution >= 0.6 is 11.6 Å². The first-order valence-electron chi connectivity index (χ1n) is 14.5. The zero-order valence-corrected chi connectivity index (χ0v) is 25.0. The highest BCUT2D eigenvalue weighted by Gasteiger charge is 2.34. The van der Waals surface area contributed by atoms with Crippen LogP contribution in [-0.4, -0.2) is 83.8 Å². The minimum absolute atomic E-state index is 0.0657. The zero-order chi connectivity index (χ0) is 30.5. The molecule has 12 nitrogen and oxygen atoms in total. The Bertz CT molecular complexity index is 1490. The van der Waals surface area contributed by atoms with Gasteiger partial charge in [0.25, 0.3) is 11.8 Å². The fourth-order valence-electron chi connectivity index (χ4n) is 5.54. The van der Waals surface area contributed by atoms with Crippen molar-refractivity contribution in [2.24, 2.45) is 11.8 Å². The summed E-state index contributed by atoms with van der Waals surface area (Å²) >= 11 is 5.92. The monoisotopic (exact) mass is 610 g/mol. The molecule has 1 saturated heterocycles. The van der Waals surface area contributed by atoms with Crippen LogP contribution in [0.15, 0.2) is 34.9 Å². The number of hydrogen-bond donors (Lipinski definition) is 2. The number of nitrogens with one attached hydrogen (secondary N) is 2. The fraction of sp³-hybridized carbons (Fsp3) is 0.467. The number of likely N-dealkylation sites (N-methyl/N-ethyl adjacent to an activating group) is 1. The van der Waals surface area contributed by atoms with Crippen molar-refractivity contribution in [1.82, 2.24) is 19.8 Å². The molecular weight excluding hydrogens is 576 g/mol. The van der Waals surface area contributed by atoms with Gasteiger partial charge in [-0.05, 0) is 62.8 Å². The number of fused-ring (bicyclic) bond motifs is 1. The third-order valence-corrected chi connectivity index (χ3v) is 8.24. The molecular formula is C30H35ClN6O6. The van der Waals surface area contributed by atoms with Gasteiger partial charge in [-0.25, -0.2) is 9.97 Å². The molecule has 0 unspecified atom stereocenters. The molecule has 4 amide bonds. The second-order valence-corrected chi connectivity index (χ2v) is 11.4. The Morgan fingerprint density at radius 2 is 1.77 bits per heavy atom. The van der Waals surface area contributed by atoms with Crippen LogP contribution in [0.5, 0.6) is 0 Å². The topological polar surface area (TPSA) is 147 Å². The van der Waals surface area contributed by atoms with Gasteiger partial charge in [-0.1, -0.05) is 11.6 Å². The number of carbonyl (C=O) groups excluding carboxylic acids is 4. The van der Waals surface area contributed by atoms with Gasteiger partial charge in [-0.15, -0.1) is 0 Å². The summed E-state index contributed by atoms with van der Waals surface area (Å²) in [5, 5.41) is 5.93. The minimum Gasteiger partial charge on any atom is -0.447 e. The standard InChI is InChI=1S/C30H35ClN6O6/c1-36(15-16-42-2)30(41)21-10-11-22-24(33-21)25(26(43-22)28(39)34-23-12-9-20(31)17-32-23)35-27(38)18-5-7-19(8-6-18)29(40)37-13-3-4-14-37/h9-12,17-19H,3-8,13-16H2,1-2H3,(H,35,38)(H,32,34,39). The lowest BCUT2D eigenvalue weighted by Crippen LogP contribution is -2.37. The largest absolute Gasteiger partial charge is 0.447 e. The molecule has 0 radical (unpaired) electrons. The number of amides is 4. The van der Waals surface area contributed by atoms with E-state index in [2.05, 4.69) is 20.6 Å². The molecule has 228 valence electrons. The van der Waals surface area contributed by atoms with Crippen LogP contribution in [0.25, 0.3) is 11.1 Å². The van der Waals surface area contributed by atoms with Crippen molar-refractivity contribution < 1.29 is 28.3 Å². The second kappa shape index (κ2) is 13.5. The van der Waals surface area contributed by atoms with Crippen LogP contribution in [0, 0.1) is 11.8 Å². The molecule has 2 N–H and O–H groups in total. The molecule has 2 aliphatic rings. The van der Waals surface area contributed by atoms with Gasteiger partial charge in [0.05, 0.1) is 11.6 Å². The van der Waals surface area contributed by atoms with E-state index >= 15 is 0 Å².